The highest BCUT2D eigenvalue weighted by Crippen LogP contribution is 2.13. The molecular formula is C14H14BrN3O. The molecule has 0 saturated heterocycles. The minimum atomic E-state index is -0.0589. The largest absolute Gasteiger partial charge is 0.325 e. The van der Waals surface area contributed by atoms with Gasteiger partial charge in [-0.15, -0.1) is 0 Å². The van der Waals surface area contributed by atoms with Crippen molar-refractivity contribution in [2.24, 2.45) is 0 Å². The molecule has 1 aromatic carbocycles. The zero-order valence-electron chi connectivity index (χ0n) is 10.3. The van der Waals surface area contributed by atoms with E-state index >= 15 is 0 Å². The van der Waals surface area contributed by atoms with Crippen LogP contribution in [0.5, 0.6) is 0 Å². The zero-order chi connectivity index (χ0) is 13.5. The van der Waals surface area contributed by atoms with Crippen LogP contribution in [0.2, 0.25) is 0 Å². The highest BCUT2D eigenvalue weighted by Gasteiger charge is 2.01. The number of hydrogen-bond donors (Lipinski definition) is 2. The van der Waals surface area contributed by atoms with Crippen LogP contribution < -0.4 is 10.6 Å². The van der Waals surface area contributed by atoms with Crippen LogP contribution in [-0.2, 0) is 11.3 Å². The molecule has 98 valence electrons. The number of nitrogens with zero attached hydrogens (tertiary/aromatic N) is 1. The van der Waals surface area contributed by atoms with E-state index in [1.165, 1.54) is 0 Å². The van der Waals surface area contributed by atoms with Gasteiger partial charge < -0.3 is 10.6 Å². The van der Waals surface area contributed by atoms with Gasteiger partial charge in [-0.1, -0.05) is 15.9 Å². The third kappa shape index (κ3) is 4.81. The fraction of sp³-hybridized carbons (Fsp3) is 0.143. The van der Waals surface area contributed by atoms with Crippen molar-refractivity contribution in [3.05, 3.63) is 58.8 Å². The summed E-state index contributed by atoms with van der Waals surface area (Å²) in [6, 6.07) is 11.3. The monoisotopic (exact) mass is 319 g/mol. The molecule has 5 heteroatoms. The molecule has 0 aliphatic rings. The van der Waals surface area contributed by atoms with Crippen LogP contribution in [-0.4, -0.2) is 17.4 Å². The number of carbonyl (C=O) groups excluding carboxylic acids is 1. The molecule has 0 spiro atoms. The maximum absolute atomic E-state index is 11.7. The van der Waals surface area contributed by atoms with Crippen molar-refractivity contribution in [2.75, 3.05) is 11.9 Å². The number of halogens is 1. The van der Waals surface area contributed by atoms with E-state index in [9.17, 15) is 4.79 Å². The van der Waals surface area contributed by atoms with Gasteiger partial charge in [-0.3, -0.25) is 9.78 Å². The standard InChI is InChI=1S/C14H14BrN3O/c15-12-1-3-13(4-2-12)18-14(19)10-17-9-11-5-7-16-8-6-11/h1-8,17H,9-10H2,(H,18,19). The van der Waals surface area contributed by atoms with Crippen molar-refractivity contribution in [3.63, 3.8) is 0 Å². The SMILES string of the molecule is O=C(CNCc1ccncc1)Nc1ccc(Br)cc1. The summed E-state index contributed by atoms with van der Waals surface area (Å²) < 4.78 is 0.987. The highest BCUT2D eigenvalue weighted by molar-refractivity contribution is 9.10. The molecule has 0 aliphatic heterocycles. The lowest BCUT2D eigenvalue weighted by atomic mass is 10.3. The average Bonchev–Trinajstić information content (AvgIpc) is 2.43. The van der Waals surface area contributed by atoms with Crippen LogP contribution in [0.3, 0.4) is 0 Å². The molecule has 0 radical (unpaired) electrons. The summed E-state index contributed by atoms with van der Waals surface area (Å²) in [4.78, 5) is 15.6. The van der Waals surface area contributed by atoms with Crippen LogP contribution in [0.15, 0.2) is 53.3 Å². The van der Waals surface area contributed by atoms with Gasteiger partial charge in [0.25, 0.3) is 0 Å². The summed E-state index contributed by atoms with van der Waals surface area (Å²) in [6.07, 6.45) is 3.47. The fourth-order valence-electron chi connectivity index (χ4n) is 1.56. The van der Waals surface area contributed by atoms with Gasteiger partial charge in [0.1, 0.15) is 0 Å². The second kappa shape index (κ2) is 7.01. The van der Waals surface area contributed by atoms with Crippen molar-refractivity contribution in [2.45, 2.75) is 6.54 Å². The molecule has 0 atom stereocenters. The third-order valence-corrected chi connectivity index (χ3v) is 3.02. The molecule has 4 nitrogen and oxygen atoms in total. The average molecular weight is 320 g/mol. The molecule has 0 fully saturated rings. The lowest BCUT2D eigenvalue weighted by molar-refractivity contribution is -0.115. The van der Waals surface area contributed by atoms with Crippen molar-refractivity contribution in [3.8, 4) is 0 Å². The molecule has 2 aromatic rings. The first-order chi connectivity index (χ1) is 9.24. The Bertz CT molecular complexity index is 528. The van der Waals surface area contributed by atoms with Gasteiger partial charge in [-0.2, -0.15) is 0 Å². The van der Waals surface area contributed by atoms with Crippen LogP contribution in [0, 0.1) is 0 Å². The molecule has 2 rings (SSSR count). The van der Waals surface area contributed by atoms with E-state index in [1.54, 1.807) is 12.4 Å². The molecular weight excluding hydrogens is 306 g/mol. The van der Waals surface area contributed by atoms with Gasteiger partial charge in [0.15, 0.2) is 0 Å². The van der Waals surface area contributed by atoms with Crippen molar-refractivity contribution in [1.82, 2.24) is 10.3 Å². The predicted octanol–water partition coefficient (Wildman–Crippen LogP) is 2.57. The van der Waals surface area contributed by atoms with Gasteiger partial charge in [0, 0.05) is 29.1 Å². The van der Waals surface area contributed by atoms with Gasteiger partial charge in [0.05, 0.1) is 6.54 Å². The smallest absolute Gasteiger partial charge is 0.238 e. The van der Waals surface area contributed by atoms with E-state index in [-0.39, 0.29) is 12.5 Å². The van der Waals surface area contributed by atoms with Gasteiger partial charge >= 0.3 is 0 Å². The van der Waals surface area contributed by atoms with E-state index in [0.717, 1.165) is 15.7 Å². The number of carbonyl (C=O) groups is 1. The lowest BCUT2D eigenvalue weighted by Crippen LogP contribution is -2.27. The van der Waals surface area contributed by atoms with E-state index in [4.69, 9.17) is 0 Å². The van der Waals surface area contributed by atoms with Gasteiger partial charge in [-0.25, -0.2) is 0 Å². The molecule has 0 unspecified atom stereocenters. The maximum Gasteiger partial charge on any atom is 0.238 e. The van der Waals surface area contributed by atoms with Crippen LogP contribution >= 0.6 is 15.9 Å². The molecule has 19 heavy (non-hydrogen) atoms. The minimum absolute atomic E-state index is 0.0589. The second-order valence-electron chi connectivity index (χ2n) is 4.01. The summed E-state index contributed by atoms with van der Waals surface area (Å²) in [6.45, 7) is 0.925. The molecule has 1 aromatic heterocycles. The number of rotatable bonds is 5. The number of hydrogen-bond acceptors (Lipinski definition) is 3. The first kappa shape index (κ1) is 13.7. The van der Waals surface area contributed by atoms with E-state index in [1.807, 2.05) is 36.4 Å². The number of aromatic nitrogens is 1. The summed E-state index contributed by atoms with van der Waals surface area (Å²) in [5, 5.41) is 5.90. The van der Waals surface area contributed by atoms with Crippen LogP contribution in [0.1, 0.15) is 5.56 Å². The second-order valence-corrected chi connectivity index (χ2v) is 4.93. The Labute approximate surface area is 120 Å². The molecule has 1 heterocycles. The third-order valence-electron chi connectivity index (χ3n) is 2.49. The van der Waals surface area contributed by atoms with Gasteiger partial charge in [-0.05, 0) is 42.0 Å². The maximum atomic E-state index is 11.7. The van der Waals surface area contributed by atoms with Crippen molar-refractivity contribution in [1.29, 1.82) is 0 Å². The Balaban J connectivity index is 1.74. The summed E-state index contributed by atoms with van der Waals surface area (Å²) in [5.74, 6) is -0.0589. The highest BCUT2D eigenvalue weighted by atomic mass is 79.9. The Hall–Kier alpha value is -1.72. The molecule has 0 saturated carbocycles. The Morgan fingerprint density at radius 1 is 1.11 bits per heavy atom. The summed E-state index contributed by atoms with van der Waals surface area (Å²) in [7, 11) is 0. The fourth-order valence-corrected chi connectivity index (χ4v) is 1.82. The number of pyridine rings is 1. The predicted molar refractivity (Wildman–Crippen MR) is 78.7 cm³/mol. The van der Waals surface area contributed by atoms with Crippen LogP contribution in [0.25, 0.3) is 0 Å². The Morgan fingerprint density at radius 2 is 1.79 bits per heavy atom. The van der Waals surface area contributed by atoms with Crippen LogP contribution in [0.4, 0.5) is 5.69 Å². The molecule has 2 N–H and O–H groups in total. The van der Waals surface area contributed by atoms with Crippen molar-refractivity contribution < 1.29 is 4.79 Å². The van der Waals surface area contributed by atoms with Crippen molar-refractivity contribution >= 4 is 27.5 Å². The summed E-state index contributed by atoms with van der Waals surface area (Å²) in [5.41, 5.74) is 1.89. The topological polar surface area (TPSA) is 54.0 Å². The minimum Gasteiger partial charge on any atom is -0.325 e. The summed E-state index contributed by atoms with van der Waals surface area (Å²) >= 11 is 3.35. The van der Waals surface area contributed by atoms with E-state index in [0.29, 0.717) is 6.54 Å². The first-order valence-electron chi connectivity index (χ1n) is 5.89. The lowest BCUT2D eigenvalue weighted by Gasteiger charge is -2.06. The number of nitrogens with one attached hydrogen (secondary N) is 2. The quantitative estimate of drug-likeness (QED) is 0.890. The molecule has 1 amide bonds. The molecule has 0 bridgehead atoms. The Morgan fingerprint density at radius 3 is 2.47 bits per heavy atom. The first-order valence-corrected chi connectivity index (χ1v) is 6.68. The zero-order valence-corrected chi connectivity index (χ0v) is 11.9. The molecule has 0 aliphatic carbocycles. The van der Waals surface area contributed by atoms with E-state index < -0.39 is 0 Å². The van der Waals surface area contributed by atoms with E-state index in [2.05, 4.69) is 31.5 Å². The normalized spacial score (nSPS) is 10.2. The number of anilines is 1. The number of benzene rings is 1. The van der Waals surface area contributed by atoms with Gasteiger partial charge in [0.2, 0.25) is 5.91 Å². The number of amides is 1. The Kier molecular flexibility index (Phi) is 5.06.